The van der Waals surface area contributed by atoms with Crippen molar-refractivity contribution in [1.82, 2.24) is 19.7 Å². The van der Waals surface area contributed by atoms with E-state index in [1.165, 1.54) is 25.8 Å². The van der Waals surface area contributed by atoms with Gasteiger partial charge in [0.2, 0.25) is 0 Å². The van der Waals surface area contributed by atoms with Crippen molar-refractivity contribution < 1.29 is 5.11 Å². The van der Waals surface area contributed by atoms with Gasteiger partial charge in [-0.05, 0) is 39.3 Å². The monoisotopic (exact) mass is 250 g/mol. The van der Waals surface area contributed by atoms with Crippen LogP contribution in [0.4, 0.5) is 0 Å². The Kier molecular flexibility index (Phi) is 3.35. The summed E-state index contributed by atoms with van der Waals surface area (Å²) in [6, 6.07) is 0.570. The summed E-state index contributed by atoms with van der Waals surface area (Å²) in [4.78, 5) is 7.01. The molecule has 0 saturated carbocycles. The zero-order valence-corrected chi connectivity index (χ0v) is 11.0. The number of aliphatic hydroxyl groups excluding tert-OH is 1. The Morgan fingerprint density at radius 3 is 2.94 bits per heavy atom. The van der Waals surface area contributed by atoms with Crippen LogP contribution in [0.5, 0.6) is 0 Å². The third kappa shape index (κ3) is 2.29. The summed E-state index contributed by atoms with van der Waals surface area (Å²) < 4.78 is 1.72. The number of likely N-dealkylation sites (N-methyl/N-ethyl adjacent to an activating group) is 1. The minimum atomic E-state index is -0.459. The van der Waals surface area contributed by atoms with Crippen LogP contribution < -0.4 is 0 Å². The van der Waals surface area contributed by atoms with E-state index in [2.05, 4.69) is 22.0 Å². The Bertz CT molecular complexity index is 417. The predicted octanol–water partition coefficient (Wildman–Crippen LogP) is 1.13. The molecule has 1 aromatic heterocycles. The van der Waals surface area contributed by atoms with Crippen molar-refractivity contribution in [1.29, 1.82) is 0 Å². The third-order valence-electron chi connectivity index (χ3n) is 4.23. The topological polar surface area (TPSA) is 54.2 Å². The molecule has 1 saturated heterocycles. The second kappa shape index (κ2) is 4.97. The number of hydrogen-bond acceptors (Lipinski definition) is 4. The molecular formula is C13H22N4O. The van der Waals surface area contributed by atoms with Crippen LogP contribution in [0.3, 0.4) is 0 Å². The quantitative estimate of drug-likeness (QED) is 0.855. The van der Waals surface area contributed by atoms with E-state index in [9.17, 15) is 5.11 Å². The summed E-state index contributed by atoms with van der Waals surface area (Å²) in [6.07, 6.45) is 7.08. The molecule has 0 radical (unpaired) electrons. The molecule has 18 heavy (non-hydrogen) atoms. The maximum atomic E-state index is 9.88. The summed E-state index contributed by atoms with van der Waals surface area (Å²) in [5, 5.41) is 14.4. The van der Waals surface area contributed by atoms with Crippen molar-refractivity contribution in [3.63, 3.8) is 0 Å². The number of fused-ring (bicyclic) bond motifs is 1. The smallest absolute Gasteiger partial charge is 0.152 e. The Labute approximate surface area is 108 Å². The van der Waals surface area contributed by atoms with E-state index in [0.717, 1.165) is 37.3 Å². The van der Waals surface area contributed by atoms with Gasteiger partial charge in [-0.25, -0.2) is 9.67 Å². The van der Waals surface area contributed by atoms with E-state index in [4.69, 9.17) is 0 Å². The fraction of sp³-hybridized carbons (Fsp3) is 0.846. The molecule has 0 bridgehead atoms. The Hall–Kier alpha value is -0.940. The van der Waals surface area contributed by atoms with E-state index in [1.54, 1.807) is 4.68 Å². The molecule has 0 aromatic carbocycles. The second-order valence-electron chi connectivity index (χ2n) is 5.60. The van der Waals surface area contributed by atoms with Crippen LogP contribution in [0.15, 0.2) is 0 Å². The standard InChI is InChI=1S/C13H22N4O/c1-16-8-3-2-5-10(16)9-11-14-12-6-4-7-13(18)17(12)15-11/h10,13,18H,2-9H2,1H3. The summed E-state index contributed by atoms with van der Waals surface area (Å²) in [5.41, 5.74) is 0. The molecule has 3 heterocycles. The first kappa shape index (κ1) is 12.1. The van der Waals surface area contributed by atoms with Crippen molar-refractivity contribution in [2.24, 2.45) is 0 Å². The lowest BCUT2D eigenvalue weighted by Crippen LogP contribution is -2.37. The lowest BCUT2D eigenvalue weighted by atomic mass is 10.00. The summed E-state index contributed by atoms with van der Waals surface area (Å²) in [6.45, 7) is 1.18. The van der Waals surface area contributed by atoms with E-state index in [1.807, 2.05) is 0 Å². The lowest BCUT2D eigenvalue weighted by Gasteiger charge is -2.31. The van der Waals surface area contributed by atoms with Gasteiger partial charge >= 0.3 is 0 Å². The van der Waals surface area contributed by atoms with Gasteiger partial charge in [-0.3, -0.25) is 0 Å². The van der Waals surface area contributed by atoms with Gasteiger partial charge in [0, 0.05) is 18.9 Å². The van der Waals surface area contributed by atoms with Crippen LogP contribution in [0.25, 0.3) is 0 Å². The molecule has 2 aliphatic rings. The van der Waals surface area contributed by atoms with Gasteiger partial charge in [-0.1, -0.05) is 6.42 Å². The number of aliphatic hydroxyl groups is 1. The molecule has 2 aliphatic heterocycles. The van der Waals surface area contributed by atoms with Crippen LogP contribution in [-0.2, 0) is 12.8 Å². The van der Waals surface area contributed by atoms with Crippen LogP contribution >= 0.6 is 0 Å². The van der Waals surface area contributed by atoms with Gasteiger partial charge < -0.3 is 10.0 Å². The fourth-order valence-corrected chi connectivity index (χ4v) is 3.08. The van der Waals surface area contributed by atoms with Gasteiger partial charge in [0.15, 0.2) is 5.82 Å². The van der Waals surface area contributed by atoms with E-state index < -0.39 is 6.23 Å². The highest BCUT2D eigenvalue weighted by Gasteiger charge is 2.24. The molecule has 2 unspecified atom stereocenters. The Balaban J connectivity index is 1.73. The highest BCUT2D eigenvalue weighted by Crippen LogP contribution is 2.22. The summed E-state index contributed by atoms with van der Waals surface area (Å²) >= 11 is 0. The number of rotatable bonds is 2. The lowest BCUT2D eigenvalue weighted by molar-refractivity contribution is 0.0642. The van der Waals surface area contributed by atoms with Crippen molar-refractivity contribution in [3.8, 4) is 0 Å². The number of hydrogen-bond donors (Lipinski definition) is 1. The first-order valence-electron chi connectivity index (χ1n) is 7.06. The number of likely N-dealkylation sites (tertiary alicyclic amines) is 1. The second-order valence-corrected chi connectivity index (χ2v) is 5.60. The van der Waals surface area contributed by atoms with E-state index >= 15 is 0 Å². The Morgan fingerprint density at radius 1 is 1.28 bits per heavy atom. The van der Waals surface area contributed by atoms with Crippen LogP contribution in [0.1, 0.15) is 50.0 Å². The number of aryl methyl sites for hydroxylation is 1. The number of aromatic nitrogens is 3. The fourth-order valence-electron chi connectivity index (χ4n) is 3.08. The maximum Gasteiger partial charge on any atom is 0.152 e. The van der Waals surface area contributed by atoms with Crippen LogP contribution in [0, 0.1) is 0 Å². The first-order valence-corrected chi connectivity index (χ1v) is 7.06. The van der Waals surface area contributed by atoms with Crippen LogP contribution in [0.2, 0.25) is 0 Å². The van der Waals surface area contributed by atoms with Crippen LogP contribution in [-0.4, -0.2) is 44.4 Å². The largest absolute Gasteiger partial charge is 0.372 e. The molecular weight excluding hydrogens is 228 g/mol. The average Bonchev–Trinajstić information content (AvgIpc) is 2.76. The normalized spacial score (nSPS) is 29.2. The number of nitrogens with zero attached hydrogens (tertiary/aromatic N) is 4. The molecule has 5 heteroatoms. The van der Waals surface area contributed by atoms with E-state index in [-0.39, 0.29) is 0 Å². The molecule has 2 atom stereocenters. The van der Waals surface area contributed by atoms with Gasteiger partial charge in [0.1, 0.15) is 12.1 Å². The zero-order chi connectivity index (χ0) is 12.5. The zero-order valence-electron chi connectivity index (χ0n) is 11.0. The minimum Gasteiger partial charge on any atom is -0.372 e. The average molecular weight is 250 g/mol. The van der Waals surface area contributed by atoms with Gasteiger partial charge in [-0.15, -0.1) is 0 Å². The van der Waals surface area contributed by atoms with E-state index in [0.29, 0.717) is 6.04 Å². The highest BCUT2D eigenvalue weighted by atomic mass is 16.3. The van der Waals surface area contributed by atoms with Gasteiger partial charge in [0.25, 0.3) is 0 Å². The SMILES string of the molecule is CN1CCCCC1Cc1nc2n(n1)C(O)CCC2. The van der Waals surface area contributed by atoms with Crippen molar-refractivity contribution in [2.75, 3.05) is 13.6 Å². The molecule has 3 rings (SSSR count). The highest BCUT2D eigenvalue weighted by molar-refractivity contribution is 4.99. The van der Waals surface area contributed by atoms with Gasteiger partial charge in [0.05, 0.1) is 0 Å². The summed E-state index contributed by atoms with van der Waals surface area (Å²) in [5.74, 6) is 1.87. The third-order valence-corrected chi connectivity index (χ3v) is 4.23. The molecule has 0 spiro atoms. The van der Waals surface area contributed by atoms with Crippen molar-refractivity contribution in [3.05, 3.63) is 11.6 Å². The molecule has 1 aromatic rings. The van der Waals surface area contributed by atoms with Crippen molar-refractivity contribution >= 4 is 0 Å². The summed E-state index contributed by atoms with van der Waals surface area (Å²) in [7, 11) is 2.19. The predicted molar refractivity (Wildman–Crippen MR) is 68.2 cm³/mol. The molecule has 1 fully saturated rings. The molecule has 5 nitrogen and oxygen atoms in total. The molecule has 0 amide bonds. The Morgan fingerprint density at radius 2 is 2.17 bits per heavy atom. The minimum absolute atomic E-state index is 0.459. The molecule has 0 aliphatic carbocycles. The molecule has 1 N–H and O–H groups in total. The van der Waals surface area contributed by atoms with Crippen molar-refractivity contribution in [2.45, 2.75) is 57.2 Å². The van der Waals surface area contributed by atoms with Gasteiger partial charge in [-0.2, -0.15) is 5.10 Å². The first-order chi connectivity index (χ1) is 8.74. The number of piperidine rings is 1. The molecule has 100 valence electrons. The maximum absolute atomic E-state index is 9.88.